The van der Waals surface area contributed by atoms with Crippen LogP contribution in [0.3, 0.4) is 0 Å². The molecule has 0 saturated heterocycles. The maximum Gasteiger partial charge on any atom is 0.243 e. The fourth-order valence-electron chi connectivity index (χ4n) is 3.51. The van der Waals surface area contributed by atoms with E-state index in [1.54, 1.807) is 24.3 Å². The summed E-state index contributed by atoms with van der Waals surface area (Å²) in [5, 5.41) is 10.1. The van der Waals surface area contributed by atoms with Gasteiger partial charge in [-0.2, -0.15) is 4.31 Å². The van der Waals surface area contributed by atoms with E-state index >= 15 is 0 Å². The third-order valence-electron chi connectivity index (χ3n) is 5.49. The van der Waals surface area contributed by atoms with Crippen molar-refractivity contribution in [2.45, 2.75) is 30.6 Å². The summed E-state index contributed by atoms with van der Waals surface area (Å²) >= 11 is 11.9. The maximum atomic E-state index is 13.4. The predicted molar refractivity (Wildman–Crippen MR) is 141 cm³/mol. The van der Waals surface area contributed by atoms with Crippen LogP contribution in [0.15, 0.2) is 83.8 Å². The first-order chi connectivity index (χ1) is 16.4. The number of hydrogen-bond acceptors (Lipinski definition) is 3. The number of nitrogens with zero attached hydrogens (tertiary/aromatic N) is 1. The molecule has 1 N–H and O–H groups in total. The Morgan fingerprint density at radius 1 is 0.765 bits per heavy atom. The second-order valence-corrected chi connectivity index (χ2v) is 10.8. The van der Waals surface area contributed by atoms with E-state index in [9.17, 15) is 8.42 Å². The Balaban J connectivity index is 1.73. The minimum absolute atomic E-state index is 0.211. The monoisotopic (exact) mass is 517 g/mol. The van der Waals surface area contributed by atoms with Gasteiger partial charge in [-0.3, -0.25) is 0 Å². The normalized spacial score (nSPS) is 12.0. The third-order valence-corrected chi connectivity index (χ3v) is 7.87. The number of unbranched alkanes of at least 4 members (excludes halogenated alkanes) is 1. The molecule has 3 rings (SSSR count). The van der Waals surface area contributed by atoms with Gasteiger partial charge in [-0.1, -0.05) is 71.8 Å². The van der Waals surface area contributed by atoms with Crippen LogP contribution in [0.1, 0.15) is 29.5 Å². The van der Waals surface area contributed by atoms with Gasteiger partial charge in [0.2, 0.25) is 10.0 Å². The molecule has 0 unspecified atom stereocenters. The summed E-state index contributed by atoms with van der Waals surface area (Å²) in [6, 6.07) is 21.9. The van der Waals surface area contributed by atoms with Gasteiger partial charge in [0.25, 0.3) is 0 Å². The Morgan fingerprint density at radius 3 is 1.91 bits per heavy atom. The van der Waals surface area contributed by atoms with Crippen molar-refractivity contribution in [3.8, 4) is 0 Å². The molecular formula is C27H29Cl2NO3S. The minimum atomic E-state index is -3.69. The van der Waals surface area contributed by atoms with E-state index in [-0.39, 0.29) is 18.0 Å². The fourth-order valence-corrected chi connectivity index (χ4v) is 5.16. The summed E-state index contributed by atoms with van der Waals surface area (Å²) in [4.78, 5) is 0.219. The summed E-state index contributed by atoms with van der Waals surface area (Å²) in [6.07, 6.45) is 7.00. The van der Waals surface area contributed by atoms with Crippen LogP contribution in [0, 0.1) is 0 Å². The van der Waals surface area contributed by atoms with Crippen molar-refractivity contribution < 1.29 is 13.5 Å². The number of sulfonamides is 1. The van der Waals surface area contributed by atoms with Gasteiger partial charge in [0, 0.05) is 29.7 Å². The highest BCUT2D eigenvalue weighted by molar-refractivity contribution is 7.89. The molecule has 0 saturated carbocycles. The molecule has 0 heterocycles. The molecule has 3 aromatic carbocycles. The second kappa shape index (κ2) is 13.1. The van der Waals surface area contributed by atoms with Crippen molar-refractivity contribution in [3.63, 3.8) is 0 Å². The lowest BCUT2D eigenvalue weighted by atomic mass is 10.0. The van der Waals surface area contributed by atoms with Crippen molar-refractivity contribution in [2.75, 3.05) is 19.7 Å². The highest BCUT2D eigenvalue weighted by Crippen LogP contribution is 2.20. The van der Waals surface area contributed by atoms with Gasteiger partial charge in [0.15, 0.2) is 0 Å². The van der Waals surface area contributed by atoms with Gasteiger partial charge in [-0.05, 0) is 78.8 Å². The summed E-state index contributed by atoms with van der Waals surface area (Å²) in [5.41, 5.74) is 3.24. The Labute approximate surface area is 212 Å². The van der Waals surface area contributed by atoms with Gasteiger partial charge in [-0.15, -0.1) is 0 Å². The first kappa shape index (κ1) is 26.5. The van der Waals surface area contributed by atoms with Crippen molar-refractivity contribution in [3.05, 3.63) is 106 Å². The summed E-state index contributed by atoms with van der Waals surface area (Å²) in [5.74, 6) is 0. The topological polar surface area (TPSA) is 57.6 Å². The molecular weight excluding hydrogens is 489 g/mol. The van der Waals surface area contributed by atoms with Crippen molar-refractivity contribution in [1.82, 2.24) is 4.31 Å². The zero-order valence-corrected chi connectivity index (χ0v) is 21.2. The molecule has 0 atom stereocenters. The van der Waals surface area contributed by atoms with Gasteiger partial charge in [0.1, 0.15) is 0 Å². The molecule has 0 bridgehead atoms. The SMILES string of the molecule is O=S(=O)(c1ccc(Cl)cc1)N(CC=Cc1ccc(Cl)cc1)CCc1ccc(CCCCO)cc1. The largest absolute Gasteiger partial charge is 0.396 e. The highest BCUT2D eigenvalue weighted by Gasteiger charge is 2.23. The number of rotatable bonds is 12. The van der Waals surface area contributed by atoms with Crippen LogP contribution in [0.5, 0.6) is 0 Å². The van der Waals surface area contributed by atoms with Gasteiger partial charge >= 0.3 is 0 Å². The molecule has 0 radical (unpaired) electrons. The molecule has 0 aliphatic heterocycles. The van der Waals surface area contributed by atoms with Crippen LogP contribution in [0.4, 0.5) is 0 Å². The van der Waals surface area contributed by atoms with E-state index in [1.165, 1.54) is 22.0 Å². The molecule has 0 aromatic heterocycles. The van der Waals surface area contributed by atoms with E-state index in [0.29, 0.717) is 23.0 Å². The van der Waals surface area contributed by atoms with Crippen LogP contribution in [-0.4, -0.2) is 37.5 Å². The zero-order valence-electron chi connectivity index (χ0n) is 18.9. The maximum absolute atomic E-state index is 13.4. The first-order valence-electron chi connectivity index (χ1n) is 11.2. The number of aliphatic hydroxyl groups is 1. The summed E-state index contributed by atoms with van der Waals surface area (Å²) in [6.45, 7) is 0.801. The fraction of sp³-hybridized carbons (Fsp3) is 0.259. The van der Waals surface area contributed by atoms with E-state index < -0.39 is 10.0 Å². The predicted octanol–water partition coefficient (Wildman–Crippen LogP) is 6.26. The molecule has 0 amide bonds. The lowest BCUT2D eigenvalue weighted by Crippen LogP contribution is -2.33. The van der Waals surface area contributed by atoms with Gasteiger partial charge in [-0.25, -0.2) is 8.42 Å². The van der Waals surface area contributed by atoms with E-state index in [4.69, 9.17) is 28.3 Å². The Morgan fingerprint density at radius 2 is 1.32 bits per heavy atom. The molecule has 3 aromatic rings. The van der Waals surface area contributed by atoms with E-state index in [0.717, 1.165) is 30.4 Å². The smallest absolute Gasteiger partial charge is 0.243 e. The average Bonchev–Trinajstić information content (AvgIpc) is 2.83. The Kier molecular flexibility index (Phi) is 10.2. The molecule has 34 heavy (non-hydrogen) atoms. The Bertz CT molecular complexity index is 1160. The molecule has 0 spiro atoms. The van der Waals surface area contributed by atoms with E-state index in [2.05, 4.69) is 12.1 Å². The summed E-state index contributed by atoms with van der Waals surface area (Å²) < 4.78 is 28.2. The standard InChI is InChI=1S/C27H29Cl2NO3S/c28-25-12-10-23(11-13-25)5-3-19-30(34(32,33)27-16-14-26(29)15-17-27)20-18-24-8-6-22(7-9-24)4-1-2-21-31/h3,5-17,31H,1-2,4,18-21H2. The lowest BCUT2D eigenvalue weighted by molar-refractivity contribution is 0.284. The zero-order chi connectivity index (χ0) is 24.4. The molecule has 0 fully saturated rings. The lowest BCUT2D eigenvalue weighted by Gasteiger charge is -2.21. The number of aliphatic hydroxyl groups excluding tert-OH is 1. The van der Waals surface area contributed by atoms with Crippen LogP contribution in [0.25, 0.3) is 6.08 Å². The van der Waals surface area contributed by atoms with Crippen LogP contribution in [0.2, 0.25) is 10.0 Å². The molecule has 180 valence electrons. The molecule has 0 aliphatic rings. The van der Waals surface area contributed by atoms with Crippen LogP contribution >= 0.6 is 23.2 Å². The number of halogens is 2. The number of hydrogen-bond donors (Lipinski definition) is 1. The van der Waals surface area contributed by atoms with Gasteiger partial charge < -0.3 is 5.11 Å². The van der Waals surface area contributed by atoms with Crippen LogP contribution in [-0.2, 0) is 22.9 Å². The third kappa shape index (κ3) is 7.97. The number of aryl methyl sites for hydroxylation is 1. The minimum Gasteiger partial charge on any atom is -0.396 e. The number of benzene rings is 3. The van der Waals surface area contributed by atoms with Crippen molar-refractivity contribution >= 4 is 39.3 Å². The van der Waals surface area contributed by atoms with E-state index in [1.807, 2.05) is 36.4 Å². The van der Waals surface area contributed by atoms with Crippen molar-refractivity contribution in [1.29, 1.82) is 0 Å². The van der Waals surface area contributed by atoms with Gasteiger partial charge in [0.05, 0.1) is 4.90 Å². The average molecular weight is 519 g/mol. The second-order valence-electron chi connectivity index (χ2n) is 8.02. The molecule has 4 nitrogen and oxygen atoms in total. The molecule has 0 aliphatic carbocycles. The quantitative estimate of drug-likeness (QED) is 0.288. The van der Waals surface area contributed by atoms with Crippen LogP contribution < -0.4 is 0 Å². The van der Waals surface area contributed by atoms with Crippen molar-refractivity contribution in [2.24, 2.45) is 0 Å². The highest BCUT2D eigenvalue weighted by atomic mass is 35.5. The molecule has 7 heteroatoms. The first-order valence-corrected chi connectivity index (χ1v) is 13.4. The summed E-state index contributed by atoms with van der Waals surface area (Å²) in [7, 11) is -3.69. The Hall–Kier alpha value is -2.15.